The molecule has 1 N–H and O–H groups in total. The molecule has 0 radical (unpaired) electrons. The third-order valence-electron chi connectivity index (χ3n) is 3.54. The molecule has 118 valence electrons. The molecule has 4 heteroatoms. The molecule has 0 aromatic heterocycles. The van der Waals surface area contributed by atoms with Crippen LogP contribution in [0, 0.1) is 0 Å². The summed E-state index contributed by atoms with van der Waals surface area (Å²) in [6, 6.07) is 9.24. The van der Waals surface area contributed by atoms with Gasteiger partial charge < -0.3 is 19.5 Å². The Morgan fingerprint density at radius 1 is 1.00 bits per heavy atom. The third-order valence-corrected chi connectivity index (χ3v) is 3.54. The van der Waals surface area contributed by atoms with Gasteiger partial charge in [-0.05, 0) is 30.4 Å². The number of hydrogen-bond donors (Lipinski definition) is 1. The van der Waals surface area contributed by atoms with E-state index in [9.17, 15) is 0 Å². The molecule has 21 heavy (non-hydrogen) atoms. The second kappa shape index (κ2) is 9.90. The highest BCUT2D eigenvalue weighted by Gasteiger charge is 2.20. The van der Waals surface area contributed by atoms with E-state index in [-0.39, 0.29) is 0 Å². The van der Waals surface area contributed by atoms with E-state index < -0.39 is 0 Å². The van der Waals surface area contributed by atoms with Crippen LogP contribution in [0.4, 0.5) is 0 Å². The Balaban J connectivity index is 1.58. The number of benzene rings is 1. The summed E-state index contributed by atoms with van der Waals surface area (Å²) >= 11 is 0. The van der Waals surface area contributed by atoms with Crippen LogP contribution in [0.2, 0.25) is 0 Å². The highest BCUT2D eigenvalue weighted by atomic mass is 16.5. The van der Waals surface area contributed by atoms with Crippen LogP contribution in [0.25, 0.3) is 0 Å². The predicted octanol–water partition coefficient (Wildman–Crippen LogP) is 2.51. The minimum Gasteiger partial charge on any atom is -0.382 e. The Hall–Kier alpha value is -0.940. The molecule has 1 aromatic rings. The summed E-state index contributed by atoms with van der Waals surface area (Å²) < 4.78 is 16.1. The lowest BCUT2D eigenvalue weighted by molar-refractivity contribution is 0.0482. The van der Waals surface area contributed by atoms with Gasteiger partial charge in [0.15, 0.2) is 0 Å². The van der Waals surface area contributed by atoms with E-state index >= 15 is 0 Å². The number of nitrogens with one attached hydrogen (secondary N) is 1. The minimum absolute atomic E-state index is 0.655. The van der Waals surface area contributed by atoms with Crippen LogP contribution < -0.4 is 5.32 Å². The fourth-order valence-electron chi connectivity index (χ4n) is 2.10. The number of methoxy groups -OCH3 is 1. The van der Waals surface area contributed by atoms with Crippen LogP contribution in [0.1, 0.15) is 30.4 Å². The van der Waals surface area contributed by atoms with Gasteiger partial charge in [0.1, 0.15) is 0 Å². The van der Waals surface area contributed by atoms with Gasteiger partial charge in [0, 0.05) is 32.9 Å². The van der Waals surface area contributed by atoms with Crippen LogP contribution in [-0.4, -0.2) is 39.6 Å². The molecule has 1 aromatic carbocycles. The largest absolute Gasteiger partial charge is 0.382 e. The molecule has 4 nitrogen and oxygen atoms in total. The fourth-order valence-corrected chi connectivity index (χ4v) is 2.10. The SMILES string of the molecule is COCCOCCCOCc1ccccc1CNC1CC1. The van der Waals surface area contributed by atoms with Crippen molar-refractivity contribution >= 4 is 0 Å². The van der Waals surface area contributed by atoms with Crippen molar-refractivity contribution < 1.29 is 14.2 Å². The third kappa shape index (κ3) is 7.05. The average molecular weight is 293 g/mol. The molecule has 1 aliphatic carbocycles. The van der Waals surface area contributed by atoms with Crippen molar-refractivity contribution in [1.29, 1.82) is 0 Å². The topological polar surface area (TPSA) is 39.7 Å². The number of ether oxygens (including phenoxy) is 3. The lowest BCUT2D eigenvalue weighted by atomic mass is 10.1. The van der Waals surface area contributed by atoms with Gasteiger partial charge in [0.05, 0.1) is 19.8 Å². The van der Waals surface area contributed by atoms with E-state index in [1.54, 1.807) is 7.11 Å². The van der Waals surface area contributed by atoms with Gasteiger partial charge in [-0.25, -0.2) is 0 Å². The highest BCUT2D eigenvalue weighted by Crippen LogP contribution is 2.20. The van der Waals surface area contributed by atoms with Crippen LogP contribution in [-0.2, 0) is 27.4 Å². The molecule has 0 bridgehead atoms. The van der Waals surface area contributed by atoms with E-state index in [0.717, 1.165) is 32.2 Å². The van der Waals surface area contributed by atoms with Crippen LogP contribution >= 0.6 is 0 Å². The normalized spacial score (nSPS) is 14.5. The van der Waals surface area contributed by atoms with E-state index in [0.29, 0.717) is 19.8 Å². The first kappa shape index (κ1) is 16.4. The summed E-state index contributed by atoms with van der Waals surface area (Å²) in [6.07, 6.45) is 3.57. The lowest BCUT2D eigenvalue weighted by Gasteiger charge is -2.11. The first-order valence-electron chi connectivity index (χ1n) is 7.84. The van der Waals surface area contributed by atoms with Gasteiger partial charge in [-0.1, -0.05) is 24.3 Å². The smallest absolute Gasteiger partial charge is 0.0720 e. The summed E-state index contributed by atoms with van der Waals surface area (Å²) in [4.78, 5) is 0. The Morgan fingerprint density at radius 2 is 1.76 bits per heavy atom. The zero-order valence-electron chi connectivity index (χ0n) is 13.0. The van der Waals surface area contributed by atoms with Crippen LogP contribution in [0.15, 0.2) is 24.3 Å². The first-order chi connectivity index (χ1) is 10.4. The molecule has 1 saturated carbocycles. The van der Waals surface area contributed by atoms with E-state index in [1.807, 2.05) is 0 Å². The summed E-state index contributed by atoms with van der Waals surface area (Å²) in [5.74, 6) is 0. The number of hydrogen-bond acceptors (Lipinski definition) is 4. The van der Waals surface area contributed by atoms with Gasteiger partial charge >= 0.3 is 0 Å². The zero-order valence-corrected chi connectivity index (χ0v) is 13.0. The monoisotopic (exact) mass is 293 g/mol. The second-order valence-electron chi connectivity index (χ2n) is 5.44. The molecule has 0 saturated heterocycles. The Labute approximate surface area is 127 Å². The van der Waals surface area contributed by atoms with Crippen molar-refractivity contribution in [2.45, 2.75) is 38.5 Å². The second-order valence-corrected chi connectivity index (χ2v) is 5.44. The summed E-state index contributed by atoms with van der Waals surface area (Å²) in [6.45, 7) is 4.41. The van der Waals surface area contributed by atoms with Crippen molar-refractivity contribution in [3.05, 3.63) is 35.4 Å². The zero-order chi connectivity index (χ0) is 14.8. The molecule has 0 amide bonds. The van der Waals surface area contributed by atoms with E-state index in [1.165, 1.54) is 24.0 Å². The van der Waals surface area contributed by atoms with Gasteiger partial charge in [0.2, 0.25) is 0 Å². The van der Waals surface area contributed by atoms with Gasteiger partial charge in [-0.15, -0.1) is 0 Å². The molecular weight excluding hydrogens is 266 g/mol. The molecule has 0 unspecified atom stereocenters. The van der Waals surface area contributed by atoms with Crippen LogP contribution in [0.5, 0.6) is 0 Å². The molecule has 2 rings (SSSR count). The molecular formula is C17H27NO3. The van der Waals surface area contributed by atoms with Gasteiger partial charge in [-0.2, -0.15) is 0 Å². The maximum atomic E-state index is 5.75. The van der Waals surface area contributed by atoms with Crippen molar-refractivity contribution in [3.8, 4) is 0 Å². The van der Waals surface area contributed by atoms with E-state index in [4.69, 9.17) is 14.2 Å². The minimum atomic E-state index is 0.655. The molecule has 0 aliphatic heterocycles. The molecule has 0 heterocycles. The predicted molar refractivity (Wildman–Crippen MR) is 83.3 cm³/mol. The molecule has 1 aliphatic rings. The summed E-state index contributed by atoms with van der Waals surface area (Å²) in [5.41, 5.74) is 2.63. The molecule has 1 fully saturated rings. The fraction of sp³-hybridized carbons (Fsp3) is 0.647. The quantitative estimate of drug-likeness (QED) is 0.601. The van der Waals surface area contributed by atoms with Crippen LogP contribution in [0.3, 0.4) is 0 Å². The summed E-state index contributed by atoms with van der Waals surface area (Å²) in [7, 11) is 1.68. The van der Waals surface area contributed by atoms with Crippen molar-refractivity contribution in [1.82, 2.24) is 5.32 Å². The standard InChI is InChI=1S/C17H27NO3/c1-19-11-12-20-9-4-10-21-14-16-6-3-2-5-15(16)13-18-17-7-8-17/h2-3,5-6,17-18H,4,7-14H2,1H3. The highest BCUT2D eigenvalue weighted by molar-refractivity contribution is 5.26. The Morgan fingerprint density at radius 3 is 2.52 bits per heavy atom. The maximum Gasteiger partial charge on any atom is 0.0720 e. The lowest BCUT2D eigenvalue weighted by Crippen LogP contribution is -2.16. The Kier molecular flexibility index (Phi) is 7.75. The van der Waals surface area contributed by atoms with Crippen molar-refractivity contribution in [3.63, 3.8) is 0 Å². The molecule has 0 atom stereocenters. The first-order valence-corrected chi connectivity index (χ1v) is 7.84. The maximum absolute atomic E-state index is 5.75. The van der Waals surface area contributed by atoms with E-state index in [2.05, 4.69) is 29.6 Å². The van der Waals surface area contributed by atoms with Crippen molar-refractivity contribution in [2.24, 2.45) is 0 Å². The van der Waals surface area contributed by atoms with Gasteiger partial charge in [0.25, 0.3) is 0 Å². The Bertz CT molecular complexity index is 393. The van der Waals surface area contributed by atoms with Crippen molar-refractivity contribution in [2.75, 3.05) is 33.5 Å². The molecule has 0 spiro atoms. The average Bonchev–Trinajstić information content (AvgIpc) is 3.33. The summed E-state index contributed by atoms with van der Waals surface area (Å²) in [5, 5.41) is 3.56. The number of rotatable bonds is 12. The van der Waals surface area contributed by atoms with Gasteiger partial charge in [-0.3, -0.25) is 0 Å².